The summed E-state index contributed by atoms with van der Waals surface area (Å²) in [6, 6.07) is 0. The summed E-state index contributed by atoms with van der Waals surface area (Å²) >= 11 is 11.8. The summed E-state index contributed by atoms with van der Waals surface area (Å²) in [6.07, 6.45) is 0. The van der Waals surface area contributed by atoms with Gasteiger partial charge in [0.15, 0.2) is 15.8 Å². The maximum atomic E-state index is 4.00. The first-order valence-electron chi connectivity index (χ1n) is 2.17. The molecule has 0 radical (unpaired) electrons. The molecule has 0 aromatic carbocycles. The molecular formula is C3H5N3Na3S3+3. The number of hydrogen-bond acceptors (Lipinski definition) is 4. The van der Waals surface area contributed by atoms with Crippen molar-refractivity contribution in [3.05, 3.63) is 0 Å². The summed E-state index contributed by atoms with van der Waals surface area (Å²) in [4.78, 5) is 7.60. The molecule has 1 aliphatic heterocycles. The smallest absolute Gasteiger partial charge is 0.335 e. The van der Waals surface area contributed by atoms with E-state index in [1.165, 1.54) is 0 Å². The van der Waals surface area contributed by atoms with E-state index in [1.807, 2.05) is 0 Å². The summed E-state index contributed by atoms with van der Waals surface area (Å²) in [5.74, 6) is 0. The second kappa shape index (κ2) is 10.7. The van der Waals surface area contributed by atoms with Crippen LogP contribution in [0, 0.1) is 0 Å². The van der Waals surface area contributed by atoms with E-state index in [0.717, 1.165) is 0 Å². The predicted octanol–water partition coefficient (Wildman–Crippen LogP) is -8.61. The first kappa shape index (κ1) is 20.6. The van der Waals surface area contributed by atoms with Crippen LogP contribution < -0.4 is 94.0 Å². The van der Waals surface area contributed by atoms with E-state index in [2.05, 4.69) is 53.2 Å². The van der Waals surface area contributed by atoms with E-state index in [1.54, 1.807) is 0 Å². The van der Waals surface area contributed by atoms with Crippen molar-refractivity contribution >= 4 is 48.2 Å². The van der Waals surface area contributed by atoms with Crippen LogP contribution in [-0.2, 0) is 0 Å². The number of aliphatic imine (C=N–C) groups is 2. The SMILES string of the molecule is SC1=NC(S)NC(S)=N1.[Na+].[Na+].[Na+]. The second-order valence-electron chi connectivity index (χ2n) is 1.38. The summed E-state index contributed by atoms with van der Waals surface area (Å²) in [5, 5.41) is 3.65. The molecule has 1 heterocycles. The number of rotatable bonds is 0. The normalized spacial score (nSPS) is 19.8. The van der Waals surface area contributed by atoms with Gasteiger partial charge in [-0.25, -0.2) is 4.99 Å². The minimum absolute atomic E-state index is 0. The fraction of sp³-hybridized carbons (Fsp3) is 0.333. The number of thiol groups is 3. The molecule has 0 saturated heterocycles. The number of amidine groups is 2. The Morgan fingerprint density at radius 3 is 2.00 bits per heavy atom. The summed E-state index contributed by atoms with van der Waals surface area (Å²) in [7, 11) is 0. The average Bonchev–Trinajstić information content (AvgIpc) is 1.59. The van der Waals surface area contributed by atoms with E-state index >= 15 is 0 Å². The van der Waals surface area contributed by atoms with Gasteiger partial charge in [0, 0.05) is 0 Å². The minimum atomic E-state index is -0.262. The predicted molar refractivity (Wildman–Crippen MR) is 48.8 cm³/mol. The van der Waals surface area contributed by atoms with Gasteiger partial charge in [-0.1, -0.05) is 0 Å². The molecule has 1 unspecified atom stereocenters. The van der Waals surface area contributed by atoms with Crippen molar-refractivity contribution in [2.24, 2.45) is 9.98 Å². The molecule has 0 aromatic heterocycles. The van der Waals surface area contributed by atoms with Gasteiger partial charge >= 0.3 is 88.7 Å². The fourth-order valence-corrected chi connectivity index (χ4v) is 1.35. The maximum Gasteiger partial charge on any atom is 1.00 e. The van der Waals surface area contributed by atoms with Crippen LogP contribution in [0.25, 0.3) is 0 Å². The summed E-state index contributed by atoms with van der Waals surface area (Å²) in [5.41, 5.74) is -0.262. The molecule has 0 spiro atoms. The zero-order chi connectivity index (χ0) is 6.85. The quantitative estimate of drug-likeness (QED) is 0.249. The largest absolute Gasteiger partial charge is 1.00 e. The van der Waals surface area contributed by atoms with Gasteiger partial charge in [0.25, 0.3) is 0 Å². The Morgan fingerprint density at radius 2 is 1.67 bits per heavy atom. The first-order chi connectivity index (χ1) is 4.18. The second-order valence-corrected chi connectivity index (χ2v) is 2.70. The molecule has 0 amide bonds. The van der Waals surface area contributed by atoms with Crippen LogP contribution in [0.3, 0.4) is 0 Å². The zero-order valence-corrected chi connectivity index (χ0v) is 16.0. The van der Waals surface area contributed by atoms with E-state index in [4.69, 9.17) is 0 Å². The average molecular weight is 248 g/mol. The van der Waals surface area contributed by atoms with Crippen molar-refractivity contribution < 1.29 is 88.7 Å². The molecule has 50 valence electrons. The van der Waals surface area contributed by atoms with E-state index in [9.17, 15) is 0 Å². The molecule has 9 heteroatoms. The van der Waals surface area contributed by atoms with E-state index in [0.29, 0.717) is 10.3 Å². The molecule has 0 aliphatic carbocycles. The van der Waals surface area contributed by atoms with Crippen LogP contribution in [0.1, 0.15) is 0 Å². The molecule has 0 bridgehead atoms. The number of nitrogens with one attached hydrogen (secondary N) is 1. The van der Waals surface area contributed by atoms with Crippen molar-refractivity contribution in [2.75, 3.05) is 0 Å². The van der Waals surface area contributed by atoms with Crippen molar-refractivity contribution in [1.82, 2.24) is 5.32 Å². The van der Waals surface area contributed by atoms with E-state index in [-0.39, 0.29) is 94.2 Å². The molecule has 1 rings (SSSR count). The zero-order valence-electron chi connectivity index (χ0n) is 7.31. The number of nitrogens with zero attached hydrogens (tertiary/aromatic N) is 2. The third-order valence-corrected chi connectivity index (χ3v) is 1.39. The van der Waals surface area contributed by atoms with Crippen LogP contribution in [0.2, 0.25) is 0 Å². The van der Waals surface area contributed by atoms with Crippen LogP contribution in [-0.4, -0.2) is 15.8 Å². The Bertz CT molecular complexity index is 185. The Kier molecular flexibility index (Phi) is 18.4. The standard InChI is InChI=1S/C3H5N3S3.3Na/c7-1-4-2(8)6-3(9)5-1;;;/h1,7H,(H3,4,5,6,8,9);;;/q;3*+1. The Balaban J connectivity index is -0.000000270. The first-order valence-corrected chi connectivity index (χ1v) is 3.58. The van der Waals surface area contributed by atoms with Gasteiger partial charge in [-0.05, 0) is 0 Å². The third-order valence-electron chi connectivity index (χ3n) is 0.702. The monoisotopic (exact) mass is 248 g/mol. The van der Waals surface area contributed by atoms with Crippen LogP contribution in [0.15, 0.2) is 9.98 Å². The number of hydrogen-bond donors (Lipinski definition) is 4. The Hall–Kier alpha value is 3.19. The van der Waals surface area contributed by atoms with Gasteiger partial charge in [0.1, 0.15) is 0 Å². The van der Waals surface area contributed by atoms with Crippen molar-refractivity contribution in [2.45, 2.75) is 5.50 Å². The topological polar surface area (TPSA) is 36.8 Å². The van der Waals surface area contributed by atoms with Gasteiger partial charge in [-0.2, -0.15) is 4.99 Å². The molecule has 0 fully saturated rings. The third kappa shape index (κ3) is 8.49. The molecule has 0 aromatic rings. The van der Waals surface area contributed by atoms with Crippen molar-refractivity contribution in [3.63, 3.8) is 0 Å². The molecule has 3 nitrogen and oxygen atoms in total. The van der Waals surface area contributed by atoms with Gasteiger partial charge in [-0.15, -0.1) is 37.9 Å². The minimum Gasteiger partial charge on any atom is -0.335 e. The molecule has 1 N–H and O–H groups in total. The summed E-state index contributed by atoms with van der Waals surface area (Å²) in [6.45, 7) is 0. The molecule has 0 saturated carbocycles. The molecule has 1 atom stereocenters. The van der Waals surface area contributed by atoms with Gasteiger partial charge in [0.2, 0.25) is 0 Å². The van der Waals surface area contributed by atoms with Crippen LogP contribution >= 0.6 is 37.9 Å². The fourth-order valence-electron chi connectivity index (χ4n) is 0.413. The van der Waals surface area contributed by atoms with Gasteiger partial charge in [0.05, 0.1) is 0 Å². The summed E-state index contributed by atoms with van der Waals surface area (Å²) < 4.78 is 0. The molecule has 12 heavy (non-hydrogen) atoms. The van der Waals surface area contributed by atoms with Crippen molar-refractivity contribution in [3.8, 4) is 0 Å². The van der Waals surface area contributed by atoms with Gasteiger partial charge < -0.3 is 5.32 Å². The van der Waals surface area contributed by atoms with Crippen LogP contribution in [0.4, 0.5) is 0 Å². The maximum absolute atomic E-state index is 4.00. The van der Waals surface area contributed by atoms with Crippen molar-refractivity contribution in [1.29, 1.82) is 0 Å². The Morgan fingerprint density at radius 1 is 1.17 bits per heavy atom. The molecular weight excluding hydrogens is 243 g/mol. The van der Waals surface area contributed by atoms with Crippen LogP contribution in [0.5, 0.6) is 0 Å². The molecule has 1 aliphatic rings. The van der Waals surface area contributed by atoms with Gasteiger partial charge in [-0.3, -0.25) is 0 Å². The van der Waals surface area contributed by atoms with E-state index < -0.39 is 0 Å². The Labute approximate surface area is 155 Å².